The van der Waals surface area contributed by atoms with Crippen LogP contribution in [0, 0.1) is 11.3 Å². The summed E-state index contributed by atoms with van der Waals surface area (Å²) >= 11 is 0. The van der Waals surface area contributed by atoms with Gasteiger partial charge in [0.25, 0.3) is 0 Å². The molecule has 5 nitrogen and oxygen atoms in total. The average Bonchev–Trinajstić information content (AvgIpc) is 2.55. The molecule has 1 aliphatic rings. The molecule has 1 atom stereocenters. The lowest BCUT2D eigenvalue weighted by atomic mass is 10.1. The number of likely N-dealkylation sites (tertiary alicyclic amines) is 1. The van der Waals surface area contributed by atoms with E-state index in [4.69, 9.17) is 4.74 Å². The molecular formula is C16H21N3O2. The summed E-state index contributed by atoms with van der Waals surface area (Å²) in [5, 5.41) is 12.3. The molecule has 0 saturated carbocycles. The highest BCUT2D eigenvalue weighted by Crippen LogP contribution is 2.17. The lowest BCUT2D eigenvalue weighted by Gasteiger charge is -2.27. The van der Waals surface area contributed by atoms with Crippen LogP contribution >= 0.6 is 0 Å². The van der Waals surface area contributed by atoms with Crippen LogP contribution in [0.5, 0.6) is 5.75 Å². The van der Waals surface area contributed by atoms with Crippen molar-refractivity contribution in [2.75, 3.05) is 25.5 Å². The zero-order chi connectivity index (χ0) is 15.1. The maximum absolute atomic E-state index is 12.2. The molecule has 1 saturated heterocycles. The van der Waals surface area contributed by atoms with Gasteiger partial charge < -0.3 is 15.0 Å². The van der Waals surface area contributed by atoms with Crippen LogP contribution in [-0.2, 0) is 4.79 Å². The summed E-state index contributed by atoms with van der Waals surface area (Å²) in [5.41, 5.74) is 0.814. The minimum absolute atomic E-state index is 0.0576. The third-order valence-corrected chi connectivity index (χ3v) is 3.67. The smallest absolute Gasteiger partial charge is 0.225 e. The first-order valence-corrected chi connectivity index (χ1v) is 7.31. The predicted molar refractivity (Wildman–Crippen MR) is 81.1 cm³/mol. The average molecular weight is 287 g/mol. The summed E-state index contributed by atoms with van der Waals surface area (Å²) < 4.78 is 5.09. The SMILES string of the molecule is COc1ccc(NC(C#N)CC(=O)N2CCCCC2)cc1. The van der Waals surface area contributed by atoms with Gasteiger partial charge in [-0.1, -0.05) is 0 Å². The number of amides is 1. The van der Waals surface area contributed by atoms with Gasteiger partial charge in [0.1, 0.15) is 11.8 Å². The molecule has 5 heteroatoms. The van der Waals surface area contributed by atoms with E-state index < -0.39 is 6.04 Å². The van der Waals surface area contributed by atoms with Crippen molar-refractivity contribution in [3.05, 3.63) is 24.3 Å². The maximum atomic E-state index is 12.2. The number of methoxy groups -OCH3 is 1. The number of carbonyl (C=O) groups excluding carboxylic acids is 1. The van der Waals surface area contributed by atoms with Crippen molar-refractivity contribution >= 4 is 11.6 Å². The molecule has 112 valence electrons. The number of carbonyl (C=O) groups is 1. The Hall–Kier alpha value is -2.22. The van der Waals surface area contributed by atoms with Gasteiger partial charge in [0.15, 0.2) is 0 Å². The number of hydrogen-bond acceptors (Lipinski definition) is 4. The molecule has 1 N–H and O–H groups in total. The molecule has 2 rings (SSSR count). The normalized spacial score (nSPS) is 15.9. The van der Waals surface area contributed by atoms with E-state index in [1.165, 1.54) is 6.42 Å². The minimum Gasteiger partial charge on any atom is -0.497 e. The second kappa shape index (κ2) is 7.53. The number of rotatable bonds is 5. The number of hydrogen-bond donors (Lipinski definition) is 1. The molecule has 0 radical (unpaired) electrons. The first-order chi connectivity index (χ1) is 10.2. The highest BCUT2D eigenvalue weighted by Gasteiger charge is 2.20. The summed E-state index contributed by atoms with van der Waals surface area (Å²) in [7, 11) is 1.61. The van der Waals surface area contributed by atoms with E-state index in [9.17, 15) is 10.1 Å². The number of anilines is 1. The van der Waals surface area contributed by atoms with Crippen LogP contribution in [0.1, 0.15) is 25.7 Å². The molecule has 1 aliphatic heterocycles. The predicted octanol–water partition coefficient (Wildman–Crippen LogP) is 2.40. The summed E-state index contributed by atoms with van der Waals surface area (Å²) in [6, 6.07) is 8.98. The summed E-state index contributed by atoms with van der Waals surface area (Å²) in [6.07, 6.45) is 3.53. The van der Waals surface area contributed by atoms with Crippen LogP contribution in [0.3, 0.4) is 0 Å². The van der Waals surface area contributed by atoms with E-state index >= 15 is 0 Å². The molecule has 0 spiro atoms. The molecule has 1 aromatic carbocycles. The third kappa shape index (κ3) is 4.38. The zero-order valence-corrected chi connectivity index (χ0v) is 12.3. The van der Waals surface area contributed by atoms with Crippen LogP contribution in [0.15, 0.2) is 24.3 Å². The van der Waals surface area contributed by atoms with Gasteiger partial charge in [0, 0.05) is 18.8 Å². The molecule has 1 unspecified atom stereocenters. The Morgan fingerprint density at radius 1 is 1.33 bits per heavy atom. The number of nitrogens with zero attached hydrogens (tertiary/aromatic N) is 2. The van der Waals surface area contributed by atoms with E-state index in [-0.39, 0.29) is 12.3 Å². The fraction of sp³-hybridized carbons (Fsp3) is 0.500. The Balaban J connectivity index is 1.90. The Morgan fingerprint density at radius 3 is 2.57 bits per heavy atom. The Bertz CT molecular complexity index is 501. The van der Waals surface area contributed by atoms with Gasteiger partial charge in [-0.25, -0.2) is 0 Å². The lowest BCUT2D eigenvalue weighted by molar-refractivity contribution is -0.132. The molecule has 1 heterocycles. The largest absolute Gasteiger partial charge is 0.497 e. The molecule has 0 aromatic heterocycles. The Kier molecular flexibility index (Phi) is 5.44. The van der Waals surface area contributed by atoms with Crippen molar-refractivity contribution in [2.24, 2.45) is 0 Å². The topological polar surface area (TPSA) is 65.4 Å². The first kappa shape index (κ1) is 15.2. The zero-order valence-electron chi connectivity index (χ0n) is 12.3. The van der Waals surface area contributed by atoms with E-state index in [1.807, 2.05) is 29.2 Å². The summed E-state index contributed by atoms with van der Waals surface area (Å²) in [4.78, 5) is 14.0. The van der Waals surface area contributed by atoms with Crippen molar-refractivity contribution in [2.45, 2.75) is 31.7 Å². The standard InChI is InChI=1S/C16H21N3O2/c1-21-15-7-5-13(6-8-15)18-14(12-17)11-16(20)19-9-3-2-4-10-19/h5-8,14,18H,2-4,9-11H2,1H3. The van der Waals surface area contributed by atoms with Gasteiger partial charge in [0.05, 0.1) is 19.6 Å². The summed E-state index contributed by atoms with van der Waals surface area (Å²) in [6.45, 7) is 1.64. The first-order valence-electron chi connectivity index (χ1n) is 7.31. The number of benzene rings is 1. The van der Waals surface area contributed by atoms with Crippen LogP contribution < -0.4 is 10.1 Å². The highest BCUT2D eigenvalue weighted by molar-refractivity contribution is 5.78. The number of nitrogens with one attached hydrogen (secondary N) is 1. The van der Waals surface area contributed by atoms with Gasteiger partial charge >= 0.3 is 0 Å². The maximum Gasteiger partial charge on any atom is 0.225 e. The van der Waals surface area contributed by atoms with Crippen molar-refractivity contribution < 1.29 is 9.53 Å². The molecule has 1 aromatic rings. The van der Waals surface area contributed by atoms with Crippen LogP contribution in [0.2, 0.25) is 0 Å². The van der Waals surface area contributed by atoms with Crippen LogP contribution in [0.25, 0.3) is 0 Å². The van der Waals surface area contributed by atoms with Crippen molar-refractivity contribution in [3.63, 3.8) is 0 Å². The minimum atomic E-state index is -0.507. The fourth-order valence-electron chi connectivity index (χ4n) is 2.46. The third-order valence-electron chi connectivity index (χ3n) is 3.67. The highest BCUT2D eigenvalue weighted by atomic mass is 16.5. The summed E-state index contributed by atoms with van der Waals surface area (Å²) in [5.74, 6) is 0.820. The van der Waals surface area contributed by atoms with Crippen molar-refractivity contribution in [3.8, 4) is 11.8 Å². The number of nitriles is 1. The van der Waals surface area contributed by atoms with E-state index in [2.05, 4.69) is 11.4 Å². The lowest BCUT2D eigenvalue weighted by Crippen LogP contribution is -2.38. The molecule has 21 heavy (non-hydrogen) atoms. The van der Waals surface area contributed by atoms with Crippen molar-refractivity contribution in [1.82, 2.24) is 4.90 Å². The monoisotopic (exact) mass is 287 g/mol. The van der Waals surface area contributed by atoms with Crippen molar-refractivity contribution in [1.29, 1.82) is 5.26 Å². The molecule has 1 fully saturated rings. The molecule has 0 bridgehead atoms. The Labute approximate surface area is 125 Å². The van der Waals surface area contributed by atoms with Gasteiger partial charge in [-0.15, -0.1) is 0 Å². The second-order valence-corrected chi connectivity index (χ2v) is 5.20. The van der Waals surface area contributed by atoms with E-state index in [1.54, 1.807) is 7.11 Å². The van der Waals surface area contributed by atoms with Gasteiger partial charge in [-0.2, -0.15) is 5.26 Å². The second-order valence-electron chi connectivity index (χ2n) is 5.20. The van der Waals surface area contributed by atoms with E-state index in [0.29, 0.717) is 0 Å². The fourth-order valence-corrected chi connectivity index (χ4v) is 2.46. The quantitative estimate of drug-likeness (QED) is 0.903. The van der Waals surface area contributed by atoms with E-state index in [0.717, 1.165) is 37.4 Å². The van der Waals surface area contributed by atoms with Gasteiger partial charge in [-0.3, -0.25) is 4.79 Å². The van der Waals surface area contributed by atoms with Gasteiger partial charge in [-0.05, 0) is 43.5 Å². The molecule has 1 amide bonds. The van der Waals surface area contributed by atoms with Crippen LogP contribution in [-0.4, -0.2) is 37.0 Å². The Morgan fingerprint density at radius 2 is 2.00 bits per heavy atom. The number of piperidine rings is 1. The molecule has 0 aliphatic carbocycles. The van der Waals surface area contributed by atoms with Gasteiger partial charge in [0.2, 0.25) is 5.91 Å². The van der Waals surface area contributed by atoms with Crippen LogP contribution in [0.4, 0.5) is 5.69 Å². The number of ether oxygens (including phenoxy) is 1. The molecular weight excluding hydrogens is 266 g/mol.